The summed E-state index contributed by atoms with van der Waals surface area (Å²) in [6, 6.07) is 7.31. The maximum absolute atomic E-state index is 12.3. The van der Waals surface area contributed by atoms with Gasteiger partial charge in [0.1, 0.15) is 11.6 Å². The van der Waals surface area contributed by atoms with Gasteiger partial charge in [-0.2, -0.15) is 0 Å². The van der Waals surface area contributed by atoms with Crippen LogP contribution in [0.4, 0.5) is 0 Å². The summed E-state index contributed by atoms with van der Waals surface area (Å²) in [5.41, 5.74) is 1.51. The van der Waals surface area contributed by atoms with E-state index in [2.05, 4.69) is 20.1 Å². The van der Waals surface area contributed by atoms with Crippen molar-refractivity contribution in [2.24, 2.45) is 0 Å². The summed E-state index contributed by atoms with van der Waals surface area (Å²) in [4.78, 5) is 12.3. The number of nitrogens with one attached hydrogen (secondary N) is 1. The number of hydrogen-bond donors (Lipinski definition) is 1. The molecule has 134 valence electrons. The number of amides is 1. The van der Waals surface area contributed by atoms with Gasteiger partial charge in [0.05, 0.1) is 0 Å². The summed E-state index contributed by atoms with van der Waals surface area (Å²) < 4.78 is 13.5. The Kier molecular flexibility index (Phi) is 5.96. The van der Waals surface area contributed by atoms with Crippen molar-refractivity contribution in [3.05, 3.63) is 47.0 Å². The first-order chi connectivity index (χ1) is 12.1. The van der Waals surface area contributed by atoms with E-state index in [-0.39, 0.29) is 5.91 Å². The fourth-order valence-electron chi connectivity index (χ4n) is 3.16. The second-order valence-corrected chi connectivity index (χ2v) is 7.85. The highest BCUT2D eigenvalue weighted by molar-refractivity contribution is 7.83. The Morgan fingerprint density at radius 1 is 1.28 bits per heavy atom. The van der Waals surface area contributed by atoms with Crippen molar-refractivity contribution in [3.63, 3.8) is 0 Å². The Labute approximate surface area is 150 Å². The second kappa shape index (κ2) is 8.38. The van der Waals surface area contributed by atoms with Crippen LogP contribution in [0.1, 0.15) is 46.8 Å². The van der Waals surface area contributed by atoms with Crippen LogP contribution in [0.15, 0.2) is 24.3 Å². The molecule has 1 amide bonds. The van der Waals surface area contributed by atoms with Gasteiger partial charge in [-0.3, -0.25) is 9.00 Å². The third-order valence-corrected chi connectivity index (χ3v) is 5.12. The van der Waals surface area contributed by atoms with Gasteiger partial charge in [0.25, 0.3) is 5.91 Å². The molecule has 1 aliphatic rings. The molecule has 1 aromatic carbocycles. The van der Waals surface area contributed by atoms with E-state index in [4.69, 9.17) is 0 Å². The van der Waals surface area contributed by atoms with E-state index in [0.29, 0.717) is 24.3 Å². The maximum atomic E-state index is 12.3. The summed E-state index contributed by atoms with van der Waals surface area (Å²) >= 11 is 0. The highest BCUT2D eigenvalue weighted by Gasteiger charge is 2.14. The SMILES string of the molecule is CS(=O)Cc1cccc(C(=O)NCCc2nnc3n2CCCCC3)c1. The van der Waals surface area contributed by atoms with Crippen molar-refractivity contribution in [3.8, 4) is 0 Å². The zero-order valence-corrected chi connectivity index (χ0v) is 15.3. The molecule has 1 aromatic heterocycles. The van der Waals surface area contributed by atoms with E-state index in [9.17, 15) is 9.00 Å². The van der Waals surface area contributed by atoms with Crippen molar-refractivity contribution < 1.29 is 9.00 Å². The van der Waals surface area contributed by atoms with Crippen molar-refractivity contribution in [2.45, 2.75) is 44.4 Å². The van der Waals surface area contributed by atoms with Crippen LogP contribution >= 0.6 is 0 Å². The van der Waals surface area contributed by atoms with E-state index in [1.165, 1.54) is 12.8 Å². The number of aromatic nitrogens is 3. The third-order valence-electron chi connectivity index (χ3n) is 4.38. The first-order valence-corrected chi connectivity index (χ1v) is 10.4. The number of carbonyl (C=O) groups excluding carboxylic acids is 1. The average molecular weight is 360 g/mol. The number of aryl methyl sites for hydroxylation is 1. The van der Waals surface area contributed by atoms with Gasteiger partial charge in [-0.25, -0.2) is 0 Å². The Balaban J connectivity index is 1.56. The summed E-state index contributed by atoms with van der Waals surface area (Å²) in [5, 5.41) is 11.5. The van der Waals surface area contributed by atoms with E-state index in [0.717, 1.165) is 36.6 Å². The molecule has 25 heavy (non-hydrogen) atoms. The van der Waals surface area contributed by atoms with Gasteiger partial charge in [-0.05, 0) is 30.5 Å². The summed E-state index contributed by atoms with van der Waals surface area (Å²) in [5.74, 6) is 2.37. The summed E-state index contributed by atoms with van der Waals surface area (Å²) in [6.45, 7) is 1.50. The van der Waals surface area contributed by atoms with Crippen LogP contribution in [-0.4, -0.2) is 37.7 Å². The summed E-state index contributed by atoms with van der Waals surface area (Å²) in [7, 11) is -0.916. The maximum Gasteiger partial charge on any atom is 0.251 e. The standard InChI is InChI=1S/C18H24N4O2S/c1-25(24)13-14-6-5-7-15(12-14)18(23)19-10-9-17-21-20-16-8-3-2-4-11-22(16)17/h5-7,12H,2-4,8-11,13H2,1H3,(H,19,23). The van der Waals surface area contributed by atoms with Crippen LogP contribution in [0.25, 0.3) is 0 Å². The molecule has 1 atom stereocenters. The lowest BCUT2D eigenvalue weighted by Gasteiger charge is -2.08. The molecular weight excluding hydrogens is 336 g/mol. The van der Waals surface area contributed by atoms with Gasteiger partial charge >= 0.3 is 0 Å². The lowest BCUT2D eigenvalue weighted by atomic mass is 10.1. The molecule has 0 bridgehead atoms. The molecule has 0 aliphatic carbocycles. The zero-order chi connectivity index (χ0) is 17.6. The number of hydrogen-bond acceptors (Lipinski definition) is 4. The molecule has 0 radical (unpaired) electrons. The van der Waals surface area contributed by atoms with E-state index in [1.54, 1.807) is 18.4 Å². The molecule has 0 saturated carbocycles. The van der Waals surface area contributed by atoms with Crippen LogP contribution in [0, 0.1) is 0 Å². The molecule has 2 aromatic rings. The molecule has 7 heteroatoms. The zero-order valence-electron chi connectivity index (χ0n) is 14.5. The number of nitrogens with zero attached hydrogens (tertiary/aromatic N) is 3. The number of fused-ring (bicyclic) bond motifs is 1. The Morgan fingerprint density at radius 2 is 2.16 bits per heavy atom. The largest absolute Gasteiger partial charge is 0.352 e. The lowest BCUT2D eigenvalue weighted by molar-refractivity contribution is 0.0954. The minimum absolute atomic E-state index is 0.112. The van der Waals surface area contributed by atoms with Crippen LogP contribution in [0.5, 0.6) is 0 Å². The van der Waals surface area contributed by atoms with Gasteiger partial charge in [0.15, 0.2) is 0 Å². The number of benzene rings is 1. The molecular formula is C18H24N4O2S. The molecule has 0 spiro atoms. The van der Waals surface area contributed by atoms with Crippen LogP contribution in [0.3, 0.4) is 0 Å². The monoisotopic (exact) mass is 360 g/mol. The Bertz CT molecular complexity index is 772. The first-order valence-electron chi connectivity index (χ1n) is 8.71. The highest BCUT2D eigenvalue weighted by Crippen LogP contribution is 2.14. The number of carbonyl (C=O) groups is 1. The van der Waals surface area contributed by atoms with E-state index < -0.39 is 10.8 Å². The summed E-state index contributed by atoms with van der Waals surface area (Å²) in [6.07, 6.45) is 6.90. The quantitative estimate of drug-likeness (QED) is 0.853. The Morgan fingerprint density at radius 3 is 3.00 bits per heavy atom. The van der Waals surface area contributed by atoms with E-state index in [1.807, 2.05) is 12.1 Å². The normalized spacial score (nSPS) is 15.2. The van der Waals surface area contributed by atoms with Crippen LogP contribution in [0.2, 0.25) is 0 Å². The highest BCUT2D eigenvalue weighted by atomic mass is 32.2. The molecule has 0 fully saturated rings. The van der Waals surface area contributed by atoms with Crippen LogP contribution in [-0.2, 0) is 35.9 Å². The van der Waals surface area contributed by atoms with Crippen molar-refractivity contribution >= 4 is 16.7 Å². The van der Waals surface area contributed by atoms with Gasteiger partial charge in [0.2, 0.25) is 0 Å². The molecule has 1 unspecified atom stereocenters. The molecule has 3 rings (SSSR count). The fourth-order valence-corrected chi connectivity index (χ4v) is 3.81. The van der Waals surface area contributed by atoms with Gasteiger partial charge in [-0.15, -0.1) is 10.2 Å². The molecule has 1 aliphatic heterocycles. The lowest BCUT2D eigenvalue weighted by Crippen LogP contribution is -2.26. The average Bonchev–Trinajstić information content (AvgIpc) is 2.81. The molecule has 6 nitrogen and oxygen atoms in total. The Hall–Kier alpha value is -2.02. The van der Waals surface area contributed by atoms with Crippen molar-refractivity contribution in [1.29, 1.82) is 0 Å². The topological polar surface area (TPSA) is 76.9 Å². The minimum Gasteiger partial charge on any atom is -0.352 e. The molecule has 1 N–H and O–H groups in total. The molecule has 0 saturated heterocycles. The number of rotatable bonds is 6. The smallest absolute Gasteiger partial charge is 0.251 e. The van der Waals surface area contributed by atoms with Gasteiger partial charge in [-0.1, -0.05) is 18.6 Å². The third kappa shape index (κ3) is 4.75. The van der Waals surface area contributed by atoms with Gasteiger partial charge < -0.3 is 9.88 Å². The molecule has 2 heterocycles. The van der Waals surface area contributed by atoms with Crippen molar-refractivity contribution in [2.75, 3.05) is 12.8 Å². The van der Waals surface area contributed by atoms with E-state index >= 15 is 0 Å². The van der Waals surface area contributed by atoms with Gasteiger partial charge in [0, 0.05) is 54.3 Å². The predicted octanol–water partition coefficient (Wildman–Crippen LogP) is 1.86. The second-order valence-electron chi connectivity index (χ2n) is 6.42. The van der Waals surface area contributed by atoms with Crippen molar-refractivity contribution in [1.82, 2.24) is 20.1 Å². The first kappa shape index (κ1) is 17.8. The predicted molar refractivity (Wildman–Crippen MR) is 97.8 cm³/mol. The fraction of sp³-hybridized carbons (Fsp3) is 0.500. The van der Waals surface area contributed by atoms with Crippen LogP contribution < -0.4 is 5.32 Å². The minimum atomic E-state index is -0.916.